The zero-order chi connectivity index (χ0) is 20.7. The van der Waals surface area contributed by atoms with Gasteiger partial charge in [0.2, 0.25) is 0 Å². The SMILES string of the molecule is CC[C@@H](C1CC1)n1cc(-c2nc(-c3cnn(C[C@@H](O)CO)c3)cn3nccc23)cn1. The molecule has 0 aliphatic heterocycles. The molecule has 1 fully saturated rings. The van der Waals surface area contributed by atoms with E-state index in [0.717, 1.165) is 40.4 Å². The summed E-state index contributed by atoms with van der Waals surface area (Å²) in [5.74, 6) is 0.733. The molecule has 0 bridgehead atoms. The number of aromatic nitrogens is 7. The molecule has 1 saturated carbocycles. The van der Waals surface area contributed by atoms with Gasteiger partial charge < -0.3 is 10.2 Å². The van der Waals surface area contributed by atoms with Gasteiger partial charge in [-0.15, -0.1) is 0 Å². The highest BCUT2D eigenvalue weighted by Crippen LogP contribution is 2.41. The zero-order valence-electron chi connectivity index (χ0n) is 16.8. The molecule has 0 aromatic carbocycles. The van der Waals surface area contributed by atoms with Crippen molar-refractivity contribution in [1.82, 2.24) is 34.2 Å². The van der Waals surface area contributed by atoms with Crippen molar-refractivity contribution in [2.24, 2.45) is 5.92 Å². The topological polar surface area (TPSA) is 106 Å². The molecule has 1 aliphatic carbocycles. The van der Waals surface area contributed by atoms with Crippen molar-refractivity contribution in [3.05, 3.63) is 43.2 Å². The van der Waals surface area contributed by atoms with Gasteiger partial charge in [-0.25, -0.2) is 9.50 Å². The lowest BCUT2D eigenvalue weighted by Crippen LogP contribution is -2.19. The molecule has 0 amide bonds. The summed E-state index contributed by atoms with van der Waals surface area (Å²) < 4.78 is 5.50. The van der Waals surface area contributed by atoms with Crippen LogP contribution in [0, 0.1) is 5.92 Å². The van der Waals surface area contributed by atoms with Gasteiger partial charge >= 0.3 is 0 Å². The van der Waals surface area contributed by atoms with E-state index < -0.39 is 6.10 Å². The lowest BCUT2D eigenvalue weighted by atomic mass is 10.1. The largest absolute Gasteiger partial charge is 0.394 e. The Balaban J connectivity index is 1.52. The number of hydrogen-bond donors (Lipinski definition) is 2. The lowest BCUT2D eigenvalue weighted by Gasteiger charge is -2.14. The fourth-order valence-corrected chi connectivity index (χ4v) is 4.01. The Bertz CT molecular complexity index is 1160. The second-order valence-electron chi connectivity index (χ2n) is 7.95. The summed E-state index contributed by atoms with van der Waals surface area (Å²) in [6, 6.07) is 2.39. The Kier molecular flexibility index (Phi) is 4.84. The van der Waals surface area contributed by atoms with Crippen LogP contribution in [0.4, 0.5) is 0 Å². The first-order valence-corrected chi connectivity index (χ1v) is 10.4. The smallest absolute Gasteiger partial charge is 0.0999 e. The molecule has 156 valence electrons. The Morgan fingerprint density at radius 1 is 1.10 bits per heavy atom. The molecule has 0 radical (unpaired) electrons. The maximum Gasteiger partial charge on any atom is 0.0999 e. The second kappa shape index (κ2) is 7.66. The molecule has 0 unspecified atom stereocenters. The molecule has 30 heavy (non-hydrogen) atoms. The van der Waals surface area contributed by atoms with Crippen LogP contribution < -0.4 is 0 Å². The van der Waals surface area contributed by atoms with Gasteiger partial charge in [-0.1, -0.05) is 6.92 Å². The van der Waals surface area contributed by atoms with Crippen LogP contribution in [-0.2, 0) is 6.54 Å². The van der Waals surface area contributed by atoms with Crippen molar-refractivity contribution in [2.45, 2.75) is 44.9 Å². The molecule has 9 heteroatoms. The number of aliphatic hydroxyl groups is 2. The molecule has 4 aromatic rings. The van der Waals surface area contributed by atoms with Gasteiger partial charge in [0.15, 0.2) is 0 Å². The lowest BCUT2D eigenvalue weighted by molar-refractivity contribution is 0.0783. The van der Waals surface area contributed by atoms with E-state index in [1.807, 2.05) is 29.2 Å². The number of nitrogens with zero attached hydrogens (tertiary/aromatic N) is 7. The van der Waals surface area contributed by atoms with Gasteiger partial charge in [0, 0.05) is 23.5 Å². The predicted molar refractivity (Wildman–Crippen MR) is 111 cm³/mol. The molecular weight excluding hydrogens is 382 g/mol. The first-order chi connectivity index (χ1) is 14.7. The summed E-state index contributed by atoms with van der Waals surface area (Å²) in [6.07, 6.45) is 13.9. The zero-order valence-corrected chi connectivity index (χ0v) is 16.8. The summed E-state index contributed by atoms with van der Waals surface area (Å²) in [7, 11) is 0. The van der Waals surface area contributed by atoms with Crippen LogP contribution >= 0.6 is 0 Å². The molecule has 0 spiro atoms. The third-order valence-corrected chi connectivity index (χ3v) is 5.73. The summed E-state index contributed by atoms with van der Waals surface area (Å²) in [6.45, 7) is 2.13. The van der Waals surface area contributed by atoms with Gasteiger partial charge in [0.05, 0.1) is 67.0 Å². The Morgan fingerprint density at radius 3 is 2.70 bits per heavy atom. The third kappa shape index (κ3) is 3.50. The van der Waals surface area contributed by atoms with E-state index in [4.69, 9.17) is 10.1 Å². The number of hydrogen-bond acceptors (Lipinski definition) is 6. The van der Waals surface area contributed by atoms with Gasteiger partial charge in [0.1, 0.15) is 0 Å². The van der Waals surface area contributed by atoms with E-state index in [0.29, 0.717) is 6.04 Å². The van der Waals surface area contributed by atoms with Crippen molar-refractivity contribution in [3.8, 4) is 22.5 Å². The van der Waals surface area contributed by atoms with E-state index in [-0.39, 0.29) is 13.2 Å². The summed E-state index contributed by atoms with van der Waals surface area (Å²) >= 11 is 0. The van der Waals surface area contributed by atoms with Crippen molar-refractivity contribution < 1.29 is 10.2 Å². The minimum absolute atomic E-state index is 0.222. The fraction of sp³-hybridized carbons (Fsp3) is 0.429. The van der Waals surface area contributed by atoms with Gasteiger partial charge in [-0.3, -0.25) is 9.36 Å². The van der Waals surface area contributed by atoms with Crippen molar-refractivity contribution in [3.63, 3.8) is 0 Å². The van der Waals surface area contributed by atoms with Gasteiger partial charge in [-0.05, 0) is 31.2 Å². The maximum atomic E-state index is 9.66. The maximum absolute atomic E-state index is 9.66. The average Bonchev–Trinajstić information content (AvgIpc) is 3.15. The van der Waals surface area contributed by atoms with Crippen LogP contribution in [0.5, 0.6) is 0 Å². The Hall–Kier alpha value is -3.04. The summed E-state index contributed by atoms with van der Waals surface area (Å²) in [4.78, 5) is 4.91. The molecule has 0 saturated heterocycles. The third-order valence-electron chi connectivity index (χ3n) is 5.73. The molecule has 4 aromatic heterocycles. The summed E-state index contributed by atoms with van der Waals surface area (Å²) in [5.41, 5.74) is 4.25. The van der Waals surface area contributed by atoms with Gasteiger partial charge in [0.25, 0.3) is 0 Å². The van der Waals surface area contributed by atoms with Gasteiger partial charge in [-0.2, -0.15) is 15.3 Å². The highest BCUT2D eigenvalue weighted by Gasteiger charge is 2.31. The molecule has 2 N–H and O–H groups in total. The van der Waals surface area contributed by atoms with Crippen LogP contribution in [0.2, 0.25) is 0 Å². The van der Waals surface area contributed by atoms with Crippen molar-refractivity contribution in [1.29, 1.82) is 0 Å². The average molecular weight is 407 g/mol. The molecule has 4 heterocycles. The van der Waals surface area contributed by atoms with Crippen LogP contribution in [0.25, 0.3) is 28.0 Å². The standard InChI is InChI=1S/C21H25N7O2/c1-2-19(14-3-4-14)27-10-16(8-24-27)21-20-5-6-22-28(20)12-18(25-21)15-7-23-26(9-15)11-17(30)13-29/h5-10,12,14,17,19,29-30H,2-4,11,13H2,1H3/t17-,19+/m1/s1. The number of fused-ring (bicyclic) bond motifs is 1. The minimum Gasteiger partial charge on any atom is -0.394 e. The Labute approximate surface area is 173 Å². The highest BCUT2D eigenvalue weighted by molar-refractivity contribution is 5.78. The monoisotopic (exact) mass is 407 g/mol. The molecule has 1 aliphatic rings. The molecule has 9 nitrogen and oxygen atoms in total. The first-order valence-electron chi connectivity index (χ1n) is 10.4. The van der Waals surface area contributed by atoms with E-state index in [1.54, 1.807) is 17.1 Å². The van der Waals surface area contributed by atoms with Crippen molar-refractivity contribution in [2.75, 3.05) is 6.61 Å². The molecule has 2 atom stereocenters. The fourth-order valence-electron chi connectivity index (χ4n) is 4.01. The van der Waals surface area contributed by atoms with E-state index in [2.05, 4.69) is 33.1 Å². The molecular formula is C21H25N7O2. The second-order valence-corrected chi connectivity index (χ2v) is 7.95. The quantitative estimate of drug-likeness (QED) is 0.464. The van der Waals surface area contributed by atoms with Crippen LogP contribution in [-0.4, -0.2) is 57.1 Å². The highest BCUT2D eigenvalue weighted by atomic mass is 16.3. The summed E-state index contributed by atoms with van der Waals surface area (Å²) in [5, 5.41) is 32.0. The normalized spacial score (nSPS) is 16.2. The number of rotatable bonds is 8. The Morgan fingerprint density at radius 2 is 1.93 bits per heavy atom. The molecule has 5 rings (SSSR count). The van der Waals surface area contributed by atoms with Crippen molar-refractivity contribution >= 4 is 5.52 Å². The predicted octanol–water partition coefficient (Wildman–Crippen LogP) is 2.17. The van der Waals surface area contributed by atoms with E-state index in [9.17, 15) is 5.11 Å². The minimum atomic E-state index is -0.848. The van der Waals surface area contributed by atoms with E-state index in [1.165, 1.54) is 12.8 Å². The number of aliphatic hydroxyl groups excluding tert-OH is 2. The first kappa shape index (κ1) is 19.0. The van der Waals surface area contributed by atoms with Crippen LogP contribution in [0.1, 0.15) is 32.2 Å². The van der Waals surface area contributed by atoms with Crippen LogP contribution in [0.3, 0.4) is 0 Å². The van der Waals surface area contributed by atoms with Crippen LogP contribution in [0.15, 0.2) is 43.2 Å². The van der Waals surface area contributed by atoms with E-state index >= 15 is 0 Å².